The van der Waals surface area contributed by atoms with Crippen LogP contribution in [0.2, 0.25) is 4.34 Å². The number of carboxylic acids is 1. The minimum absolute atomic E-state index is 0.187. The van der Waals surface area contributed by atoms with Crippen LogP contribution in [0.25, 0.3) is 0 Å². The lowest BCUT2D eigenvalue weighted by atomic mass is 9.90. The first-order chi connectivity index (χ1) is 9.52. The first-order valence-electron chi connectivity index (χ1n) is 6.80. The van der Waals surface area contributed by atoms with Gasteiger partial charge in [-0.2, -0.15) is 0 Å². The van der Waals surface area contributed by atoms with Crippen LogP contribution in [0.3, 0.4) is 0 Å². The minimum Gasteiger partial charge on any atom is -0.480 e. The van der Waals surface area contributed by atoms with Gasteiger partial charge < -0.3 is 10.4 Å². The summed E-state index contributed by atoms with van der Waals surface area (Å²) < 4.78 is 0.634. The molecule has 4 nitrogen and oxygen atoms in total. The van der Waals surface area contributed by atoms with Gasteiger partial charge in [-0.05, 0) is 25.0 Å². The molecule has 0 atom stereocenters. The molecule has 1 aromatic heterocycles. The zero-order valence-electron chi connectivity index (χ0n) is 11.2. The number of nitrogens with one attached hydrogen (secondary N) is 1. The number of carbonyl (C=O) groups excluding carboxylic acids is 1. The second-order valence-electron chi connectivity index (χ2n) is 5.23. The van der Waals surface area contributed by atoms with Crippen LogP contribution in [0.4, 0.5) is 0 Å². The normalized spacial score (nSPS) is 18.2. The van der Waals surface area contributed by atoms with Crippen molar-refractivity contribution in [3.8, 4) is 0 Å². The van der Waals surface area contributed by atoms with Crippen LogP contribution in [-0.2, 0) is 16.0 Å². The lowest BCUT2D eigenvalue weighted by molar-refractivity contribution is -0.148. The molecule has 0 bridgehead atoms. The fourth-order valence-electron chi connectivity index (χ4n) is 2.64. The predicted octanol–water partition coefficient (Wildman–Crippen LogP) is 3.24. The highest BCUT2D eigenvalue weighted by atomic mass is 35.5. The van der Waals surface area contributed by atoms with E-state index >= 15 is 0 Å². The second kappa shape index (κ2) is 6.59. The summed E-state index contributed by atoms with van der Waals surface area (Å²) in [6.45, 7) is 0. The van der Waals surface area contributed by atoms with Gasteiger partial charge >= 0.3 is 5.97 Å². The van der Waals surface area contributed by atoms with E-state index in [1.807, 2.05) is 0 Å². The third-order valence-corrected chi connectivity index (χ3v) is 4.94. The number of thiophene rings is 1. The largest absolute Gasteiger partial charge is 0.480 e. The van der Waals surface area contributed by atoms with Crippen LogP contribution in [0, 0.1) is 0 Å². The minimum atomic E-state index is -1.09. The summed E-state index contributed by atoms with van der Waals surface area (Å²) in [6, 6.07) is 3.54. The van der Waals surface area contributed by atoms with Gasteiger partial charge in [0.15, 0.2) is 0 Å². The number of aliphatic carboxylic acids is 1. The van der Waals surface area contributed by atoms with Crippen molar-refractivity contribution in [3.05, 3.63) is 21.3 Å². The average molecular weight is 316 g/mol. The van der Waals surface area contributed by atoms with E-state index in [-0.39, 0.29) is 12.3 Å². The van der Waals surface area contributed by atoms with E-state index in [0.29, 0.717) is 17.2 Å². The van der Waals surface area contributed by atoms with Crippen molar-refractivity contribution in [3.63, 3.8) is 0 Å². The van der Waals surface area contributed by atoms with Crippen LogP contribution in [0.15, 0.2) is 12.1 Å². The van der Waals surface area contributed by atoms with Crippen molar-refractivity contribution >= 4 is 34.8 Å². The number of rotatable bonds is 4. The van der Waals surface area contributed by atoms with E-state index in [9.17, 15) is 14.7 Å². The van der Waals surface area contributed by atoms with Gasteiger partial charge in [-0.25, -0.2) is 4.79 Å². The SMILES string of the molecule is O=C(Cc1ccc(Cl)s1)NC1(C(=O)O)CCCCCC1. The Balaban J connectivity index is 2.03. The molecule has 1 aromatic rings. The Morgan fingerprint density at radius 3 is 2.40 bits per heavy atom. The number of hydrogen-bond acceptors (Lipinski definition) is 3. The summed E-state index contributed by atoms with van der Waals surface area (Å²) >= 11 is 7.17. The van der Waals surface area contributed by atoms with Crippen molar-refractivity contribution in [1.82, 2.24) is 5.32 Å². The van der Waals surface area contributed by atoms with Crippen LogP contribution in [0.5, 0.6) is 0 Å². The van der Waals surface area contributed by atoms with Crippen molar-refractivity contribution in [2.45, 2.75) is 50.5 Å². The van der Waals surface area contributed by atoms with Crippen molar-refractivity contribution in [2.24, 2.45) is 0 Å². The van der Waals surface area contributed by atoms with Gasteiger partial charge in [-0.15, -0.1) is 11.3 Å². The van der Waals surface area contributed by atoms with Crippen molar-refractivity contribution < 1.29 is 14.7 Å². The average Bonchev–Trinajstić information content (AvgIpc) is 2.64. The highest BCUT2D eigenvalue weighted by Crippen LogP contribution is 2.28. The molecule has 1 amide bonds. The Bertz CT molecular complexity index is 492. The molecule has 110 valence electrons. The molecule has 0 spiro atoms. The van der Waals surface area contributed by atoms with Crippen molar-refractivity contribution in [1.29, 1.82) is 0 Å². The van der Waals surface area contributed by atoms with Gasteiger partial charge in [-0.3, -0.25) is 4.79 Å². The number of carbonyl (C=O) groups is 2. The van der Waals surface area contributed by atoms with Gasteiger partial charge in [-0.1, -0.05) is 37.3 Å². The summed E-state index contributed by atoms with van der Waals surface area (Å²) in [4.78, 5) is 24.5. The number of carboxylic acid groups (broad SMARTS) is 1. The third kappa shape index (κ3) is 3.73. The van der Waals surface area contributed by atoms with Crippen LogP contribution < -0.4 is 5.32 Å². The molecule has 2 N–H and O–H groups in total. The first-order valence-corrected chi connectivity index (χ1v) is 8.00. The summed E-state index contributed by atoms with van der Waals surface area (Å²) in [5.41, 5.74) is -1.09. The number of halogens is 1. The fourth-order valence-corrected chi connectivity index (χ4v) is 3.73. The van der Waals surface area contributed by atoms with Crippen LogP contribution >= 0.6 is 22.9 Å². The Kier molecular flexibility index (Phi) is 5.05. The maximum absolute atomic E-state index is 12.1. The highest BCUT2D eigenvalue weighted by Gasteiger charge is 2.39. The molecule has 0 aromatic carbocycles. The van der Waals surface area contributed by atoms with E-state index < -0.39 is 11.5 Å². The lowest BCUT2D eigenvalue weighted by Gasteiger charge is -2.29. The molecule has 0 unspecified atom stereocenters. The summed E-state index contributed by atoms with van der Waals surface area (Å²) in [7, 11) is 0. The molecular formula is C14H18ClNO3S. The number of hydrogen-bond donors (Lipinski definition) is 2. The molecule has 1 fully saturated rings. The van der Waals surface area contributed by atoms with E-state index in [1.165, 1.54) is 11.3 Å². The van der Waals surface area contributed by atoms with Crippen molar-refractivity contribution in [2.75, 3.05) is 0 Å². The zero-order valence-corrected chi connectivity index (χ0v) is 12.7. The highest BCUT2D eigenvalue weighted by molar-refractivity contribution is 7.16. The van der Waals surface area contributed by atoms with Gasteiger partial charge in [0, 0.05) is 4.88 Å². The molecule has 0 saturated heterocycles. The topological polar surface area (TPSA) is 66.4 Å². The zero-order chi connectivity index (χ0) is 14.6. The quantitative estimate of drug-likeness (QED) is 0.838. The third-order valence-electron chi connectivity index (χ3n) is 3.71. The van der Waals surface area contributed by atoms with Gasteiger partial charge in [0.2, 0.25) is 5.91 Å². The van der Waals surface area contributed by atoms with E-state index in [4.69, 9.17) is 11.6 Å². The van der Waals surface area contributed by atoms with Gasteiger partial charge in [0.1, 0.15) is 5.54 Å². The Labute approximate surface area is 127 Å². The van der Waals surface area contributed by atoms with E-state index in [2.05, 4.69) is 5.32 Å². The molecule has 1 aliphatic rings. The Hall–Kier alpha value is -1.07. The second-order valence-corrected chi connectivity index (χ2v) is 7.03. The Morgan fingerprint density at radius 2 is 1.90 bits per heavy atom. The standard InChI is InChI=1S/C14H18ClNO3S/c15-11-6-5-10(20-11)9-12(17)16-14(13(18)19)7-3-1-2-4-8-14/h5-6H,1-4,7-9H2,(H,16,17)(H,18,19). The van der Waals surface area contributed by atoms with Crippen LogP contribution in [0.1, 0.15) is 43.4 Å². The summed E-state index contributed by atoms with van der Waals surface area (Å²) in [5.74, 6) is -1.16. The molecular weight excluding hydrogens is 298 g/mol. The fraction of sp³-hybridized carbons (Fsp3) is 0.571. The van der Waals surface area contributed by atoms with Gasteiger partial charge in [0.05, 0.1) is 10.8 Å². The molecule has 0 aliphatic heterocycles. The molecule has 6 heteroatoms. The molecule has 2 rings (SSSR count). The first kappa shape index (κ1) is 15.3. The molecule has 1 aliphatic carbocycles. The smallest absolute Gasteiger partial charge is 0.329 e. The predicted molar refractivity (Wildman–Crippen MR) is 79.2 cm³/mol. The maximum Gasteiger partial charge on any atom is 0.329 e. The monoisotopic (exact) mass is 315 g/mol. The molecule has 1 heterocycles. The lowest BCUT2D eigenvalue weighted by Crippen LogP contribution is -2.54. The van der Waals surface area contributed by atoms with E-state index in [0.717, 1.165) is 30.6 Å². The summed E-state index contributed by atoms with van der Waals surface area (Å²) in [6.07, 6.45) is 4.97. The van der Waals surface area contributed by atoms with Crippen LogP contribution in [-0.4, -0.2) is 22.5 Å². The molecule has 20 heavy (non-hydrogen) atoms. The van der Waals surface area contributed by atoms with E-state index in [1.54, 1.807) is 12.1 Å². The number of amides is 1. The Morgan fingerprint density at radius 1 is 1.25 bits per heavy atom. The molecule has 1 saturated carbocycles. The summed E-state index contributed by atoms with van der Waals surface area (Å²) in [5, 5.41) is 12.3. The van der Waals surface area contributed by atoms with Gasteiger partial charge in [0.25, 0.3) is 0 Å². The maximum atomic E-state index is 12.1. The molecule has 0 radical (unpaired) electrons.